The first-order chi connectivity index (χ1) is 14.3. The van der Waals surface area contributed by atoms with Crippen molar-refractivity contribution in [2.24, 2.45) is 0 Å². The second-order valence-electron chi connectivity index (χ2n) is 8.02. The molecule has 0 saturated carbocycles. The van der Waals surface area contributed by atoms with Crippen LogP contribution >= 0.6 is 0 Å². The summed E-state index contributed by atoms with van der Waals surface area (Å²) in [5.74, 6) is 0. The Labute approximate surface area is 169 Å². The molecule has 0 aliphatic rings. The number of nitrogens with zero attached hydrogens (tertiary/aromatic N) is 2. The van der Waals surface area contributed by atoms with E-state index in [1.807, 2.05) is 0 Å². The van der Waals surface area contributed by atoms with Crippen LogP contribution in [0.15, 0.2) is 91.0 Å². The zero-order chi connectivity index (χ0) is 19.5. The molecule has 0 amide bonds. The van der Waals surface area contributed by atoms with Crippen molar-refractivity contribution in [1.29, 1.82) is 0 Å². The van der Waals surface area contributed by atoms with Crippen LogP contribution in [-0.2, 0) is 0 Å². The summed E-state index contributed by atoms with van der Waals surface area (Å²) in [4.78, 5) is 0. The molecule has 0 saturated heterocycles. The van der Waals surface area contributed by atoms with E-state index in [0.29, 0.717) is 6.04 Å². The zero-order valence-corrected chi connectivity index (χ0v) is 16.6. The van der Waals surface area contributed by atoms with Gasteiger partial charge in [0.05, 0.1) is 16.6 Å². The summed E-state index contributed by atoms with van der Waals surface area (Å²) in [7, 11) is 0. The van der Waals surface area contributed by atoms with Gasteiger partial charge in [-0.15, -0.1) is 0 Å². The maximum Gasteiger partial charge on any atom is 0.0641 e. The summed E-state index contributed by atoms with van der Waals surface area (Å²) in [5.41, 5.74) is 6.35. The van der Waals surface area contributed by atoms with Gasteiger partial charge >= 0.3 is 0 Å². The van der Waals surface area contributed by atoms with Gasteiger partial charge in [0, 0.05) is 38.8 Å². The lowest BCUT2D eigenvalue weighted by Gasteiger charge is -2.12. The highest BCUT2D eigenvalue weighted by Crippen LogP contribution is 2.41. The van der Waals surface area contributed by atoms with Crippen molar-refractivity contribution in [3.8, 4) is 5.69 Å². The van der Waals surface area contributed by atoms with Crippen LogP contribution < -0.4 is 0 Å². The molecule has 0 spiro atoms. The third-order valence-electron chi connectivity index (χ3n) is 6.04. The topological polar surface area (TPSA) is 9.86 Å². The Bertz CT molecular complexity index is 1510. The molecule has 0 fully saturated rings. The largest absolute Gasteiger partial charge is 0.338 e. The van der Waals surface area contributed by atoms with Gasteiger partial charge in [-0.1, -0.05) is 60.7 Å². The zero-order valence-electron chi connectivity index (χ0n) is 16.6. The van der Waals surface area contributed by atoms with E-state index in [4.69, 9.17) is 0 Å². The van der Waals surface area contributed by atoms with Crippen LogP contribution in [0.3, 0.4) is 0 Å². The average Bonchev–Trinajstić information content (AvgIpc) is 3.27. The molecule has 2 heterocycles. The molecule has 29 heavy (non-hydrogen) atoms. The standard InChI is InChI=1S/C27H22N2/c1-18(2)28-24-15-9-7-13-22(24)26-25(28)17-16-21-20-12-6-8-14-23(20)29(27(21)26)19-10-4-3-5-11-19/h3-18H,1-2H3. The van der Waals surface area contributed by atoms with E-state index >= 15 is 0 Å². The molecule has 0 unspecified atom stereocenters. The summed E-state index contributed by atoms with van der Waals surface area (Å²) in [6, 6.07) is 33.3. The van der Waals surface area contributed by atoms with E-state index in [9.17, 15) is 0 Å². The minimum atomic E-state index is 0.393. The van der Waals surface area contributed by atoms with Crippen molar-refractivity contribution in [2.75, 3.05) is 0 Å². The molecule has 2 heteroatoms. The minimum Gasteiger partial charge on any atom is -0.338 e. The first-order valence-electron chi connectivity index (χ1n) is 10.3. The first kappa shape index (κ1) is 16.4. The monoisotopic (exact) mass is 374 g/mol. The molecule has 2 nitrogen and oxygen atoms in total. The van der Waals surface area contributed by atoms with Gasteiger partial charge in [-0.3, -0.25) is 0 Å². The highest BCUT2D eigenvalue weighted by molar-refractivity contribution is 6.25. The Balaban J connectivity index is 1.95. The van der Waals surface area contributed by atoms with Crippen LogP contribution in [-0.4, -0.2) is 9.13 Å². The van der Waals surface area contributed by atoms with Gasteiger partial charge in [-0.25, -0.2) is 0 Å². The summed E-state index contributed by atoms with van der Waals surface area (Å²) < 4.78 is 4.90. The van der Waals surface area contributed by atoms with Crippen LogP contribution in [0.1, 0.15) is 19.9 Å². The molecule has 4 aromatic carbocycles. The highest BCUT2D eigenvalue weighted by Gasteiger charge is 2.20. The molecule has 0 radical (unpaired) electrons. The van der Waals surface area contributed by atoms with E-state index in [2.05, 4.69) is 114 Å². The number of rotatable bonds is 2. The van der Waals surface area contributed by atoms with E-state index in [-0.39, 0.29) is 0 Å². The van der Waals surface area contributed by atoms with Crippen LogP contribution in [0.5, 0.6) is 0 Å². The predicted molar refractivity (Wildman–Crippen MR) is 124 cm³/mol. The second kappa shape index (κ2) is 5.99. The third-order valence-corrected chi connectivity index (χ3v) is 6.04. The Hall–Kier alpha value is -3.52. The highest BCUT2D eigenvalue weighted by atomic mass is 15.0. The average molecular weight is 374 g/mol. The maximum atomic E-state index is 2.47. The summed E-state index contributed by atoms with van der Waals surface area (Å²) in [6.45, 7) is 4.53. The minimum absolute atomic E-state index is 0.393. The van der Waals surface area contributed by atoms with E-state index in [0.717, 1.165) is 0 Å². The van der Waals surface area contributed by atoms with Crippen LogP contribution in [0, 0.1) is 0 Å². The fourth-order valence-corrected chi connectivity index (χ4v) is 4.94. The molecule has 6 aromatic rings. The number of para-hydroxylation sites is 3. The molecule has 6 rings (SSSR count). The number of benzene rings is 4. The van der Waals surface area contributed by atoms with Crippen LogP contribution in [0.25, 0.3) is 49.3 Å². The number of hydrogen-bond acceptors (Lipinski definition) is 0. The van der Waals surface area contributed by atoms with E-state index in [1.54, 1.807) is 0 Å². The Morgan fingerprint density at radius 3 is 1.97 bits per heavy atom. The van der Waals surface area contributed by atoms with Gasteiger partial charge in [0.1, 0.15) is 0 Å². The van der Waals surface area contributed by atoms with Crippen molar-refractivity contribution in [3.05, 3.63) is 91.0 Å². The molecule has 0 N–H and O–H groups in total. The van der Waals surface area contributed by atoms with Gasteiger partial charge < -0.3 is 9.13 Å². The third kappa shape index (κ3) is 2.17. The summed E-state index contributed by atoms with van der Waals surface area (Å²) in [6.07, 6.45) is 0. The quantitative estimate of drug-likeness (QED) is 0.297. The summed E-state index contributed by atoms with van der Waals surface area (Å²) >= 11 is 0. The molecular weight excluding hydrogens is 352 g/mol. The molecule has 0 aliphatic carbocycles. The summed E-state index contributed by atoms with van der Waals surface area (Å²) in [5, 5.41) is 5.27. The van der Waals surface area contributed by atoms with Crippen molar-refractivity contribution in [2.45, 2.75) is 19.9 Å². The van der Waals surface area contributed by atoms with Crippen molar-refractivity contribution in [1.82, 2.24) is 9.13 Å². The lowest BCUT2D eigenvalue weighted by molar-refractivity contribution is 0.642. The van der Waals surface area contributed by atoms with Gasteiger partial charge in [0.2, 0.25) is 0 Å². The molecule has 0 aliphatic heterocycles. The van der Waals surface area contributed by atoms with Crippen LogP contribution in [0.2, 0.25) is 0 Å². The molecule has 140 valence electrons. The van der Waals surface area contributed by atoms with Gasteiger partial charge in [-0.05, 0) is 44.2 Å². The molecule has 2 aromatic heterocycles. The molecule has 0 bridgehead atoms. The SMILES string of the molecule is CC(C)n1c2ccccc2c2c3c(ccc21)c1ccccc1n3-c1ccccc1. The van der Waals surface area contributed by atoms with Gasteiger partial charge in [0.25, 0.3) is 0 Å². The number of fused-ring (bicyclic) bond motifs is 7. The van der Waals surface area contributed by atoms with Crippen molar-refractivity contribution < 1.29 is 0 Å². The molecule has 0 atom stereocenters. The fraction of sp³-hybridized carbons (Fsp3) is 0.111. The lowest BCUT2D eigenvalue weighted by Crippen LogP contribution is -1.99. The Morgan fingerprint density at radius 1 is 0.552 bits per heavy atom. The van der Waals surface area contributed by atoms with Crippen molar-refractivity contribution in [3.63, 3.8) is 0 Å². The van der Waals surface area contributed by atoms with E-state index < -0.39 is 0 Å². The smallest absolute Gasteiger partial charge is 0.0641 e. The second-order valence-corrected chi connectivity index (χ2v) is 8.02. The Kier molecular flexibility index (Phi) is 3.39. The first-order valence-corrected chi connectivity index (χ1v) is 10.3. The lowest BCUT2D eigenvalue weighted by atomic mass is 10.1. The number of aromatic nitrogens is 2. The fourth-order valence-electron chi connectivity index (χ4n) is 4.94. The van der Waals surface area contributed by atoms with Crippen molar-refractivity contribution >= 4 is 43.6 Å². The maximum absolute atomic E-state index is 2.47. The normalized spacial score (nSPS) is 12.1. The van der Waals surface area contributed by atoms with E-state index in [1.165, 1.54) is 49.3 Å². The Morgan fingerprint density at radius 2 is 1.21 bits per heavy atom. The van der Waals surface area contributed by atoms with Gasteiger partial charge in [-0.2, -0.15) is 0 Å². The number of hydrogen-bond donors (Lipinski definition) is 0. The van der Waals surface area contributed by atoms with Crippen LogP contribution in [0.4, 0.5) is 0 Å². The molecular formula is C27H22N2. The predicted octanol–water partition coefficient (Wildman–Crippen LogP) is 7.47. The van der Waals surface area contributed by atoms with Gasteiger partial charge in [0.15, 0.2) is 0 Å².